The number of nitrogens with zero attached hydrogens (tertiary/aromatic N) is 2. The van der Waals surface area contributed by atoms with Gasteiger partial charge in [-0.05, 0) is 30.7 Å². The molecule has 1 aliphatic heterocycles. The smallest absolute Gasteiger partial charge is 0.258 e. The second-order valence-corrected chi connectivity index (χ2v) is 8.02. The highest BCUT2D eigenvalue weighted by molar-refractivity contribution is 7.99. The van der Waals surface area contributed by atoms with E-state index in [1.807, 2.05) is 0 Å². The van der Waals surface area contributed by atoms with Gasteiger partial charge in [0.1, 0.15) is 0 Å². The molecule has 0 radical (unpaired) electrons. The largest absolute Gasteiger partial charge is 0.306 e. The van der Waals surface area contributed by atoms with Crippen LogP contribution >= 0.6 is 11.8 Å². The van der Waals surface area contributed by atoms with Crippen LogP contribution in [0.2, 0.25) is 0 Å². The molecule has 1 aliphatic rings. The van der Waals surface area contributed by atoms with E-state index < -0.39 is 26.5 Å². The molecule has 21 heavy (non-hydrogen) atoms. The summed E-state index contributed by atoms with van der Waals surface area (Å²) in [6.45, 7) is 1.31. The van der Waals surface area contributed by atoms with Crippen molar-refractivity contribution in [3.8, 4) is 0 Å². The maximum Gasteiger partial charge on any atom is 0.306 e. The summed E-state index contributed by atoms with van der Waals surface area (Å²) < 4.78 is 40.0. The number of hydrogen-bond donors (Lipinski definition) is 0. The lowest BCUT2D eigenvalue weighted by Gasteiger charge is -2.23. The minimum Gasteiger partial charge on any atom is -0.258 e. The Morgan fingerprint density at radius 3 is 2.67 bits per heavy atom. The van der Waals surface area contributed by atoms with Gasteiger partial charge in [-0.15, -0.1) is 0 Å². The van der Waals surface area contributed by atoms with E-state index in [0.717, 1.165) is 24.3 Å². The van der Waals surface area contributed by atoms with Gasteiger partial charge in [0.25, 0.3) is 0 Å². The molecule has 1 saturated heterocycles. The Hall–Kier alpha value is -1.19. The van der Waals surface area contributed by atoms with Crippen LogP contribution in [-0.2, 0) is 10.0 Å². The standard InChI is InChI=1S/C12H15FN2O4S2/c1-8-5-10(6-11(12(8)13)15(16)17)21(18,19)14(2)9-3-4-20-7-9/h5-6,9H,3-4,7H2,1-2H3. The van der Waals surface area contributed by atoms with Gasteiger partial charge in [0, 0.05) is 24.9 Å². The zero-order chi connectivity index (χ0) is 15.8. The maximum absolute atomic E-state index is 13.7. The Kier molecular flexibility index (Phi) is 4.54. The van der Waals surface area contributed by atoms with E-state index in [9.17, 15) is 22.9 Å². The number of nitro benzene ring substituents is 1. The van der Waals surface area contributed by atoms with Crippen molar-refractivity contribution in [1.82, 2.24) is 4.31 Å². The molecule has 0 aliphatic carbocycles. The first-order chi connectivity index (χ1) is 9.75. The molecule has 1 aromatic carbocycles. The lowest BCUT2D eigenvalue weighted by atomic mass is 10.2. The average molecular weight is 334 g/mol. The molecule has 0 amide bonds. The molecule has 0 saturated carbocycles. The highest BCUT2D eigenvalue weighted by Crippen LogP contribution is 2.30. The summed E-state index contributed by atoms with van der Waals surface area (Å²) in [7, 11) is -2.41. The van der Waals surface area contributed by atoms with Gasteiger partial charge in [-0.3, -0.25) is 10.1 Å². The Morgan fingerprint density at radius 1 is 1.48 bits per heavy atom. The van der Waals surface area contributed by atoms with Gasteiger partial charge >= 0.3 is 5.69 Å². The molecular formula is C12H15FN2O4S2. The predicted octanol–water partition coefficient (Wildman–Crippen LogP) is 2.17. The first-order valence-electron chi connectivity index (χ1n) is 6.25. The van der Waals surface area contributed by atoms with Crippen LogP contribution in [0.5, 0.6) is 0 Å². The average Bonchev–Trinajstić information content (AvgIpc) is 2.94. The molecule has 9 heteroatoms. The highest BCUT2D eigenvalue weighted by atomic mass is 32.2. The number of halogens is 1. The lowest BCUT2D eigenvalue weighted by Crippen LogP contribution is -2.37. The van der Waals surface area contributed by atoms with E-state index in [1.165, 1.54) is 18.3 Å². The molecule has 1 heterocycles. The number of rotatable bonds is 4. The molecule has 116 valence electrons. The van der Waals surface area contributed by atoms with Crippen LogP contribution in [-0.4, -0.2) is 42.2 Å². The molecule has 1 aromatic rings. The Balaban J connectivity index is 2.47. The zero-order valence-corrected chi connectivity index (χ0v) is 13.2. The van der Waals surface area contributed by atoms with Gasteiger partial charge in [0.05, 0.1) is 9.82 Å². The number of thioether (sulfide) groups is 1. The van der Waals surface area contributed by atoms with E-state index >= 15 is 0 Å². The van der Waals surface area contributed by atoms with Gasteiger partial charge in [0.15, 0.2) is 0 Å². The van der Waals surface area contributed by atoms with E-state index in [-0.39, 0.29) is 16.5 Å². The van der Waals surface area contributed by atoms with Gasteiger partial charge in [-0.25, -0.2) is 8.42 Å². The summed E-state index contributed by atoms with van der Waals surface area (Å²) in [4.78, 5) is 9.68. The fraction of sp³-hybridized carbons (Fsp3) is 0.500. The van der Waals surface area contributed by atoms with Crippen LogP contribution in [0, 0.1) is 22.9 Å². The molecule has 1 fully saturated rings. The summed E-state index contributed by atoms with van der Waals surface area (Å²) in [5.41, 5.74) is -0.875. The van der Waals surface area contributed by atoms with Gasteiger partial charge in [-0.1, -0.05) is 0 Å². The molecule has 1 atom stereocenters. The first-order valence-corrected chi connectivity index (χ1v) is 8.85. The van der Waals surface area contributed by atoms with Crippen LogP contribution in [0.15, 0.2) is 17.0 Å². The summed E-state index contributed by atoms with van der Waals surface area (Å²) >= 11 is 1.66. The molecule has 0 bridgehead atoms. The van der Waals surface area contributed by atoms with E-state index in [4.69, 9.17) is 0 Å². The Bertz CT molecular complexity index is 672. The summed E-state index contributed by atoms with van der Waals surface area (Å²) in [6, 6.07) is 1.79. The van der Waals surface area contributed by atoms with Gasteiger partial charge in [-0.2, -0.15) is 20.5 Å². The quantitative estimate of drug-likeness (QED) is 0.623. The van der Waals surface area contributed by atoms with Crippen LogP contribution in [0.3, 0.4) is 0 Å². The third-order valence-corrected chi connectivity index (χ3v) is 6.54. The minimum atomic E-state index is -3.87. The van der Waals surface area contributed by atoms with Crippen molar-refractivity contribution >= 4 is 27.5 Å². The molecule has 0 aromatic heterocycles. The summed E-state index contributed by atoms with van der Waals surface area (Å²) in [6.07, 6.45) is 0.739. The van der Waals surface area contributed by atoms with Crippen molar-refractivity contribution in [1.29, 1.82) is 0 Å². The van der Waals surface area contributed by atoms with Gasteiger partial charge in [0.2, 0.25) is 15.8 Å². The molecular weight excluding hydrogens is 319 g/mol. The first kappa shape index (κ1) is 16.2. The van der Waals surface area contributed by atoms with Crippen molar-refractivity contribution < 1.29 is 17.7 Å². The van der Waals surface area contributed by atoms with Crippen molar-refractivity contribution in [2.24, 2.45) is 0 Å². The van der Waals surface area contributed by atoms with Crippen molar-refractivity contribution in [3.05, 3.63) is 33.6 Å². The zero-order valence-electron chi connectivity index (χ0n) is 11.6. The molecule has 0 spiro atoms. The van der Waals surface area contributed by atoms with Gasteiger partial charge < -0.3 is 0 Å². The minimum absolute atomic E-state index is 0.0584. The Morgan fingerprint density at radius 2 is 2.14 bits per heavy atom. The number of aryl methyl sites for hydroxylation is 1. The molecule has 1 unspecified atom stereocenters. The van der Waals surface area contributed by atoms with Crippen LogP contribution in [0.25, 0.3) is 0 Å². The molecule has 6 nitrogen and oxygen atoms in total. The normalized spacial score (nSPS) is 19.1. The molecule has 0 N–H and O–H groups in total. The van der Waals surface area contributed by atoms with Crippen molar-refractivity contribution in [3.63, 3.8) is 0 Å². The summed E-state index contributed by atoms with van der Waals surface area (Å²) in [5.74, 6) is 0.573. The van der Waals surface area contributed by atoms with Crippen LogP contribution in [0.4, 0.5) is 10.1 Å². The van der Waals surface area contributed by atoms with Crippen molar-refractivity contribution in [2.75, 3.05) is 18.6 Å². The maximum atomic E-state index is 13.7. The van der Waals surface area contributed by atoms with Crippen molar-refractivity contribution in [2.45, 2.75) is 24.3 Å². The predicted molar refractivity (Wildman–Crippen MR) is 78.5 cm³/mol. The SMILES string of the molecule is Cc1cc(S(=O)(=O)N(C)C2CCSC2)cc([N+](=O)[O-])c1F. The van der Waals surface area contributed by atoms with Crippen LogP contribution < -0.4 is 0 Å². The fourth-order valence-corrected chi connectivity index (χ4v) is 5.03. The topological polar surface area (TPSA) is 80.5 Å². The number of nitro groups is 1. The second kappa shape index (κ2) is 5.90. The number of sulfonamides is 1. The third-order valence-electron chi connectivity index (χ3n) is 3.50. The highest BCUT2D eigenvalue weighted by Gasteiger charge is 2.32. The summed E-state index contributed by atoms with van der Waals surface area (Å²) in [5, 5.41) is 10.8. The monoisotopic (exact) mass is 334 g/mol. The second-order valence-electron chi connectivity index (χ2n) is 4.87. The fourth-order valence-electron chi connectivity index (χ4n) is 2.17. The van der Waals surface area contributed by atoms with Crippen LogP contribution in [0.1, 0.15) is 12.0 Å². The van der Waals surface area contributed by atoms with E-state index in [2.05, 4.69) is 0 Å². The van der Waals surface area contributed by atoms with E-state index in [0.29, 0.717) is 5.75 Å². The van der Waals surface area contributed by atoms with E-state index in [1.54, 1.807) is 11.8 Å². The lowest BCUT2D eigenvalue weighted by molar-refractivity contribution is -0.387. The Labute approximate surface area is 126 Å². The third kappa shape index (κ3) is 3.04. The number of hydrogen-bond acceptors (Lipinski definition) is 5. The number of benzene rings is 1. The molecule has 2 rings (SSSR count).